The molecule has 0 atom stereocenters. The van der Waals surface area contributed by atoms with Crippen molar-refractivity contribution in [2.24, 2.45) is 0 Å². The highest BCUT2D eigenvalue weighted by Gasteiger charge is 2.13. The average Bonchev–Trinajstić information content (AvgIpc) is 2.79. The number of aromatic nitrogens is 6. The third kappa shape index (κ3) is 3.51. The van der Waals surface area contributed by atoms with E-state index in [2.05, 4.69) is 30.5 Å². The molecule has 0 fully saturated rings. The molecule has 0 aromatic carbocycles. The summed E-state index contributed by atoms with van der Waals surface area (Å²) in [5, 5.41) is 10.5. The molecule has 2 heterocycles. The van der Waals surface area contributed by atoms with Crippen LogP contribution in [-0.4, -0.2) is 50.4 Å². The highest BCUT2D eigenvalue weighted by atomic mass is 32.2. The van der Waals surface area contributed by atoms with Gasteiger partial charge in [-0.3, -0.25) is 4.57 Å². The van der Waals surface area contributed by atoms with Crippen molar-refractivity contribution in [2.75, 3.05) is 30.9 Å². The summed E-state index contributed by atoms with van der Waals surface area (Å²) >= 11 is 1.22. The van der Waals surface area contributed by atoms with Gasteiger partial charge in [-0.05, 0) is 25.6 Å². The summed E-state index contributed by atoms with van der Waals surface area (Å²) in [6.45, 7) is 5.09. The zero-order chi connectivity index (χ0) is 15.4. The number of anilines is 2. The largest absolute Gasteiger partial charge is 0.354 e. The number of aromatic amines is 1. The van der Waals surface area contributed by atoms with Crippen molar-refractivity contribution >= 4 is 23.7 Å². The maximum absolute atomic E-state index is 11.6. The van der Waals surface area contributed by atoms with Gasteiger partial charge in [0.25, 0.3) is 0 Å². The van der Waals surface area contributed by atoms with E-state index in [0.29, 0.717) is 35.3 Å². The summed E-state index contributed by atoms with van der Waals surface area (Å²) in [6.07, 6.45) is 0. The topological polar surface area (TPSA) is 105 Å². The molecular weight excluding hydrogens is 292 g/mol. The molecular formula is C11H18N8OS. The molecule has 10 heteroatoms. The predicted octanol–water partition coefficient (Wildman–Crippen LogP) is 0.425. The Morgan fingerprint density at radius 2 is 2.05 bits per heavy atom. The van der Waals surface area contributed by atoms with Gasteiger partial charge in [0, 0.05) is 27.2 Å². The summed E-state index contributed by atoms with van der Waals surface area (Å²) in [5.41, 5.74) is -0.242. The Bertz CT molecular complexity index is 664. The van der Waals surface area contributed by atoms with E-state index in [1.54, 1.807) is 4.90 Å². The molecule has 2 aromatic heterocycles. The van der Waals surface area contributed by atoms with E-state index < -0.39 is 0 Å². The van der Waals surface area contributed by atoms with Crippen molar-refractivity contribution < 1.29 is 0 Å². The van der Waals surface area contributed by atoms with Gasteiger partial charge < -0.3 is 10.2 Å². The van der Waals surface area contributed by atoms with Gasteiger partial charge in [-0.25, -0.2) is 9.89 Å². The summed E-state index contributed by atoms with van der Waals surface area (Å²) in [4.78, 5) is 26.3. The van der Waals surface area contributed by atoms with Gasteiger partial charge in [-0.1, -0.05) is 0 Å². The average molecular weight is 310 g/mol. The van der Waals surface area contributed by atoms with Crippen LogP contribution in [0.15, 0.2) is 15.1 Å². The molecule has 0 radical (unpaired) electrons. The standard InChI is InChI=1S/C11H18N8OS/c1-5-12-7-13-8(18(3)4)15-9(14-7)21-11-17-16-10(20)19(11)6-2/h5-6H2,1-4H3,(H,16,20)(H,12,13,14,15). The molecule has 114 valence electrons. The van der Waals surface area contributed by atoms with E-state index in [1.807, 2.05) is 27.9 Å². The summed E-state index contributed by atoms with van der Waals surface area (Å²) in [5.74, 6) is 1.05. The number of hydrogen-bond acceptors (Lipinski definition) is 8. The molecule has 0 spiro atoms. The molecule has 0 saturated heterocycles. The second-order valence-electron chi connectivity index (χ2n) is 4.32. The molecule has 9 nitrogen and oxygen atoms in total. The van der Waals surface area contributed by atoms with E-state index in [9.17, 15) is 4.79 Å². The van der Waals surface area contributed by atoms with Crippen LogP contribution in [0, 0.1) is 0 Å². The van der Waals surface area contributed by atoms with Crippen molar-refractivity contribution in [3.8, 4) is 0 Å². The lowest BCUT2D eigenvalue weighted by atomic mass is 10.7. The fraction of sp³-hybridized carbons (Fsp3) is 0.545. The van der Waals surface area contributed by atoms with Gasteiger partial charge in [0.15, 0.2) is 5.16 Å². The Labute approximate surface area is 126 Å². The molecule has 0 unspecified atom stereocenters. The quantitative estimate of drug-likeness (QED) is 0.791. The van der Waals surface area contributed by atoms with Crippen molar-refractivity contribution in [1.29, 1.82) is 0 Å². The number of nitrogens with zero attached hydrogens (tertiary/aromatic N) is 6. The molecule has 0 amide bonds. The van der Waals surface area contributed by atoms with Gasteiger partial charge in [0.1, 0.15) is 0 Å². The lowest BCUT2D eigenvalue weighted by Crippen LogP contribution is -2.17. The number of hydrogen-bond donors (Lipinski definition) is 2. The van der Waals surface area contributed by atoms with Crippen molar-refractivity contribution in [3.05, 3.63) is 10.5 Å². The van der Waals surface area contributed by atoms with Crippen molar-refractivity contribution in [2.45, 2.75) is 30.7 Å². The molecule has 21 heavy (non-hydrogen) atoms. The Morgan fingerprint density at radius 3 is 2.67 bits per heavy atom. The third-order valence-corrected chi connectivity index (χ3v) is 3.42. The smallest absolute Gasteiger partial charge is 0.343 e. The van der Waals surface area contributed by atoms with E-state index in [-0.39, 0.29) is 5.69 Å². The highest BCUT2D eigenvalue weighted by Crippen LogP contribution is 2.23. The fourth-order valence-corrected chi connectivity index (χ4v) is 2.41. The minimum absolute atomic E-state index is 0.242. The monoisotopic (exact) mass is 310 g/mol. The van der Waals surface area contributed by atoms with Gasteiger partial charge in [0.2, 0.25) is 17.1 Å². The Kier molecular flexibility index (Phi) is 4.78. The van der Waals surface area contributed by atoms with Crippen LogP contribution >= 0.6 is 11.8 Å². The molecule has 2 rings (SSSR count). The number of H-pyrrole nitrogens is 1. The van der Waals surface area contributed by atoms with Crippen molar-refractivity contribution in [3.63, 3.8) is 0 Å². The van der Waals surface area contributed by atoms with Crippen LogP contribution in [0.4, 0.5) is 11.9 Å². The normalized spacial score (nSPS) is 10.7. The van der Waals surface area contributed by atoms with Crippen LogP contribution < -0.4 is 15.9 Å². The van der Waals surface area contributed by atoms with E-state index in [1.165, 1.54) is 16.3 Å². The molecule has 0 aliphatic heterocycles. The van der Waals surface area contributed by atoms with Crippen LogP contribution in [-0.2, 0) is 6.54 Å². The summed E-state index contributed by atoms with van der Waals surface area (Å²) in [6, 6.07) is 0. The second-order valence-corrected chi connectivity index (χ2v) is 5.26. The maximum atomic E-state index is 11.6. The van der Waals surface area contributed by atoms with Crippen molar-refractivity contribution in [1.82, 2.24) is 29.7 Å². The Morgan fingerprint density at radius 1 is 1.29 bits per heavy atom. The van der Waals surface area contributed by atoms with Gasteiger partial charge in [-0.2, -0.15) is 15.0 Å². The molecule has 0 aliphatic carbocycles. The van der Waals surface area contributed by atoms with Gasteiger partial charge in [-0.15, -0.1) is 5.10 Å². The SMILES string of the molecule is CCNc1nc(Sc2n[nH]c(=O)n2CC)nc(N(C)C)n1. The fourth-order valence-electron chi connectivity index (χ4n) is 1.57. The van der Waals surface area contributed by atoms with Crippen LogP contribution in [0.5, 0.6) is 0 Å². The minimum Gasteiger partial charge on any atom is -0.354 e. The van der Waals surface area contributed by atoms with E-state index in [4.69, 9.17) is 0 Å². The third-order valence-electron chi connectivity index (χ3n) is 2.56. The zero-order valence-electron chi connectivity index (χ0n) is 12.4. The number of nitrogens with one attached hydrogen (secondary N) is 2. The number of rotatable bonds is 6. The molecule has 0 bridgehead atoms. The first-order valence-electron chi connectivity index (χ1n) is 6.55. The molecule has 0 aliphatic rings. The van der Waals surface area contributed by atoms with Gasteiger partial charge in [0.05, 0.1) is 0 Å². The van der Waals surface area contributed by atoms with Crippen LogP contribution in [0.25, 0.3) is 0 Å². The van der Waals surface area contributed by atoms with Gasteiger partial charge >= 0.3 is 5.69 Å². The lowest BCUT2D eigenvalue weighted by molar-refractivity contribution is 0.659. The predicted molar refractivity (Wildman–Crippen MR) is 81.0 cm³/mol. The second kappa shape index (κ2) is 6.57. The van der Waals surface area contributed by atoms with Crippen LogP contribution in [0.1, 0.15) is 13.8 Å². The first-order chi connectivity index (χ1) is 10.0. The zero-order valence-corrected chi connectivity index (χ0v) is 13.2. The van der Waals surface area contributed by atoms with E-state index in [0.717, 1.165) is 0 Å². The minimum atomic E-state index is -0.242. The summed E-state index contributed by atoms with van der Waals surface area (Å²) in [7, 11) is 3.71. The molecule has 2 N–H and O–H groups in total. The van der Waals surface area contributed by atoms with Crippen LogP contribution in [0.3, 0.4) is 0 Å². The maximum Gasteiger partial charge on any atom is 0.343 e. The van der Waals surface area contributed by atoms with Crippen LogP contribution in [0.2, 0.25) is 0 Å². The molecule has 0 saturated carbocycles. The summed E-state index contributed by atoms with van der Waals surface area (Å²) < 4.78 is 1.52. The Hall–Kier alpha value is -2.10. The van der Waals surface area contributed by atoms with E-state index >= 15 is 0 Å². The first-order valence-corrected chi connectivity index (χ1v) is 7.37. The highest BCUT2D eigenvalue weighted by molar-refractivity contribution is 7.99. The lowest BCUT2D eigenvalue weighted by Gasteiger charge is -2.12. The molecule has 2 aromatic rings. The first kappa shape index (κ1) is 15.3. The Balaban J connectivity index is 2.36.